The van der Waals surface area contributed by atoms with Gasteiger partial charge in [-0.05, 0) is 16.9 Å². The van der Waals surface area contributed by atoms with Gasteiger partial charge in [0.15, 0.2) is 0 Å². The van der Waals surface area contributed by atoms with Crippen molar-refractivity contribution >= 4 is 25.3 Å². The van der Waals surface area contributed by atoms with E-state index in [1.54, 1.807) is 0 Å². The number of cyclic esters (lactones) is 1. The third kappa shape index (κ3) is 4.19. The van der Waals surface area contributed by atoms with Gasteiger partial charge in [-0.3, -0.25) is 4.79 Å². The predicted octanol–water partition coefficient (Wildman–Crippen LogP) is 4.41. The van der Waals surface area contributed by atoms with Crippen molar-refractivity contribution in [2.45, 2.75) is 65.7 Å². The van der Waals surface area contributed by atoms with Crippen LogP contribution in [-0.2, 0) is 9.53 Å². The summed E-state index contributed by atoms with van der Waals surface area (Å²) in [6.07, 6.45) is -0.0930. The summed E-state index contributed by atoms with van der Waals surface area (Å²) < 4.78 is 5.22. The van der Waals surface area contributed by atoms with Crippen molar-refractivity contribution in [1.82, 2.24) is 4.90 Å². The lowest BCUT2D eigenvalue weighted by atomic mass is 9.86. The SMILES string of the molecule is CC(C)[C@H](CC(=O)N1C(=O)OC[C@@H]1C(C)(C)C)[Si](C)(C)c1ccccc1. The number of ether oxygens (including phenoxy) is 1. The third-order valence-electron chi connectivity index (χ3n) is 5.79. The molecule has 2 amide bonds. The van der Waals surface area contributed by atoms with E-state index in [0.29, 0.717) is 18.9 Å². The highest BCUT2D eigenvalue weighted by atomic mass is 28.3. The molecule has 0 N–H and O–H groups in total. The molecular weight excluding hydrogens is 342 g/mol. The van der Waals surface area contributed by atoms with E-state index in [9.17, 15) is 9.59 Å². The summed E-state index contributed by atoms with van der Waals surface area (Å²) in [5, 5.41) is 1.35. The topological polar surface area (TPSA) is 46.6 Å². The van der Waals surface area contributed by atoms with Crippen molar-refractivity contribution in [3.8, 4) is 0 Å². The van der Waals surface area contributed by atoms with Crippen molar-refractivity contribution in [3.05, 3.63) is 30.3 Å². The van der Waals surface area contributed by atoms with E-state index >= 15 is 0 Å². The van der Waals surface area contributed by atoms with Crippen LogP contribution in [-0.4, -0.2) is 37.6 Å². The van der Waals surface area contributed by atoms with E-state index in [-0.39, 0.29) is 22.9 Å². The zero-order chi connectivity index (χ0) is 19.7. The molecule has 0 radical (unpaired) electrons. The second-order valence-corrected chi connectivity index (χ2v) is 14.1. The lowest BCUT2D eigenvalue weighted by Gasteiger charge is -2.37. The number of amides is 2. The average Bonchev–Trinajstić information content (AvgIpc) is 2.94. The minimum Gasteiger partial charge on any atom is -0.447 e. The number of carbonyl (C=O) groups excluding carboxylic acids is 2. The Hall–Kier alpha value is -1.62. The van der Waals surface area contributed by atoms with Crippen molar-refractivity contribution in [2.24, 2.45) is 11.3 Å². The van der Waals surface area contributed by atoms with E-state index in [1.807, 2.05) is 26.8 Å². The molecule has 1 saturated heterocycles. The fraction of sp³-hybridized carbons (Fsp3) is 0.619. The maximum absolute atomic E-state index is 13.2. The van der Waals surface area contributed by atoms with Crippen LogP contribution in [0.1, 0.15) is 41.0 Å². The minimum atomic E-state index is -1.88. The van der Waals surface area contributed by atoms with E-state index in [4.69, 9.17) is 4.74 Å². The molecule has 0 saturated carbocycles. The summed E-state index contributed by atoms with van der Waals surface area (Å²) in [4.78, 5) is 26.8. The monoisotopic (exact) mass is 375 g/mol. The van der Waals surface area contributed by atoms with Crippen LogP contribution in [0.2, 0.25) is 18.6 Å². The average molecular weight is 376 g/mol. The molecule has 1 aromatic carbocycles. The molecule has 26 heavy (non-hydrogen) atoms. The molecule has 5 heteroatoms. The molecule has 4 nitrogen and oxygen atoms in total. The molecule has 2 rings (SSSR count). The molecule has 0 bridgehead atoms. The minimum absolute atomic E-state index is 0.0948. The molecule has 0 aliphatic carbocycles. The van der Waals surface area contributed by atoms with Gasteiger partial charge in [-0.15, -0.1) is 0 Å². The van der Waals surface area contributed by atoms with Gasteiger partial charge in [0.1, 0.15) is 6.61 Å². The van der Waals surface area contributed by atoms with Gasteiger partial charge in [0.05, 0.1) is 14.1 Å². The Bertz CT molecular complexity index is 649. The summed E-state index contributed by atoms with van der Waals surface area (Å²) in [6.45, 7) is 15.4. The summed E-state index contributed by atoms with van der Waals surface area (Å²) in [6, 6.07) is 10.3. The highest BCUT2D eigenvalue weighted by molar-refractivity contribution is 6.91. The highest BCUT2D eigenvalue weighted by Crippen LogP contribution is 2.36. The van der Waals surface area contributed by atoms with Crippen LogP contribution in [0.3, 0.4) is 0 Å². The molecule has 1 aromatic rings. The van der Waals surface area contributed by atoms with Crippen molar-refractivity contribution < 1.29 is 14.3 Å². The predicted molar refractivity (Wildman–Crippen MR) is 108 cm³/mol. The van der Waals surface area contributed by atoms with Crippen molar-refractivity contribution in [2.75, 3.05) is 6.61 Å². The number of benzene rings is 1. The molecule has 0 aromatic heterocycles. The van der Waals surface area contributed by atoms with Gasteiger partial charge in [-0.2, -0.15) is 0 Å². The number of rotatable bonds is 5. The van der Waals surface area contributed by atoms with Crippen LogP contribution in [0.25, 0.3) is 0 Å². The Balaban J connectivity index is 2.27. The van der Waals surface area contributed by atoms with Crippen LogP contribution in [0.15, 0.2) is 30.3 Å². The van der Waals surface area contributed by atoms with Crippen molar-refractivity contribution in [1.29, 1.82) is 0 Å². The Morgan fingerprint density at radius 1 is 1.23 bits per heavy atom. The standard InChI is InChI=1S/C21H33NO3Si/c1-15(2)17(26(6,7)16-11-9-8-10-12-16)13-19(23)22-18(21(3,4)5)14-25-20(22)24/h8-12,15,17-18H,13-14H2,1-7H3/t17-,18+/m0/s1. The van der Waals surface area contributed by atoms with E-state index in [1.165, 1.54) is 10.1 Å². The first-order chi connectivity index (χ1) is 12.0. The summed E-state index contributed by atoms with van der Waals surface area (Å²) in [5.41, 5.74) is 0.0630. The van der Waals surface area contributed by atoms with Gasteiger partial charge in [-0.1, -0.05) is 83.2 Å². The van der Waals surface area contributed by atoms with Gasteiger partial charge >= 0.3 is 6.09 Å². The molecule has 1 fully saturated rings. The normalized spacial score (nSPS) is 19.6. The molecule has 1 aliphatic heterocycles. The largest absolute Gasteiger partial charge is 0.447 e. The quantitative estimate of drug-likeness (QED) is 0.716. The maximum atomic E-state index is 13.2. The second kappa shape index (κ2) is 7.55. The smallest absolute Gasteiger partial charge is 0.416 e. The van der Waals surface area contributed by atoms with Crippen LogP contribution in [0.4, 0.5) is 4.79 Å². The molecule has 2 atom stereocenters. The van der Waals surface area contributed by atoms with Crippen LogP contribution >= 0.6 is 0 Å². The third-order valence-corrected chi connectivity index (χ3v) is 10.3. The van der Waals surface area contributed by atoms with E-state index in [0.717, 1.165) is 0 Å². The van der Waals surface area contributed by atoms with Crippen LogP contribution in [0, 0.1) is 11.3 Å². The van der Waals surface area contributed by atoms with Gasteiger partial charge in [-0.25, -0.2) is 9.69 Å². The fourth-order valence-corrected chi connectivity index (χ4v) is 7.86. The number of hydrogen-bond acceptors (Lipinski definition) is 3. The van der Waals surface area contributed by atoms with Gasteiger partial charge in [0, 0.05) is 6.42 Å². The highest BCUT2D eigenvalue weighted by Gasteiger charge is 2.46. The maximum Gasteiger partial charge on any atom is 0.416 e. The summed E-state index contributed by atoms with van der Waals surface area (Å²) in [5.74, 6) is 0.273. The first-order valence-corrected chi connectivity index (χ1v) is 12.6. The fourth-order valence-electron chi connectivity index (χ4n) is 4.03. The first-order valence-electron chi connectivity index (χ1n) is 9.50. The Morgan fingerprint density at radius 3 is 2.31 bits per heavy atom. The van der Waals surface area contributed by atoms with Gasteiger partial charge in [0.25, 0.3) is 0 Å². The molecule has 1 heterocycles. The first kappa shape index (κ1) is 20.7. The van der Waals surface area contributed by atoms with Crippen LogP contribution in [0.5, 0.6) is 0 Å². The lowest BCUT2D eigenvalue weighted by Crippen LogP contribution is -2.51. The molecule has 144 valence electrons. The lowest BCUT2D eigenvalue weighted by molar-refractivity contribution is -0.130. The molecular formula is C21H33NO3Si. The Morgan fingerprint density at radius 2 is 1.81 bits per heavy atom. The second-order valence-electron chi connectivity index (χ2n) is 9.36. The van der Waals surface area contributed by atoms with Crippen LogP contribution < -0.4 is 5.19 Å². The molecule has 1 aliphatic rings. The molecule has 0 spiro atoms. The molecule has 0 unspecified atom stereocenters. The van der Waals surface area contributed by atoms with E-state index in [2.05, 4.69) is 51.2 Å². The Kier molecular flexibility index (Phi) is 6.01. The number of hydrogen-bond donors (Lipinski definition) is 0. The van der Waals surface area contributed by atoms with Gasteiger partial charge < -0.3 is 4.74 Å². The number of imide groups is 1. The van der Waals surface area contributed by atoms with Gasteiger partial charge in [0.2, 0.25) is 5.91 Å². The number of carbonyl (C=O) groups is 2. The van der Waals surface area contributed by atoms with Crippen molar-refractivity contribution in [3.63, 3.8) is 0 Å². The summed E-state index contributed by atoms with van der Waals surface area (Å²) >= 11 is 0. The summed E-state index contributed by atoms with van der Waals surface area (Å²) in [7, 11) is -1.88. The van der Waals surface area contributed by atoms with E-state index < -0.39 is 14.2 Å². The zero-order valence-electron chi connectivity index (χ0n) is 17.2. The Labute approximate surface area is 158 Å². The number of nitrogens with zero attached hydrogens (tertiary/aromatic N) is 1. The zero-order valence-corrected chi connectivity index (χ0v) is 18.2.